The molecule has 0 saturated carbocycles. The Morgan fingerprint density at radius 3 is 2.38 bits per heavy atom. The highest BCUT2D eigenvalue weighted by atomic mass is 35.5. The van der Waals surface area contributed by atoms with Gasteiger partial charge >= 0.3 is 0 Å². The lowest BCUT2D eigenvalue weighted by Crippen LogP contribution is -2.57. The maximum atomic E-state index is 13.6. The summed E-state index contributed by atoms with van der Waals surface area (Å²) in [6, 6.07) is 12.6. The molecule has 2 aromatic rings. The predicted molar refractivity (Wildman–Crippen MR) is 132 cm³/mol. The van der Waals surface area contributed by atoms with E-state index in [0.29, 0.717) is 23.7 Å². The quantitative estimate of drug-likeness (QED) is 0.694. The molecule has 34 heavy (non-hydrogen) atoms. The molecule has 182 valence electrons. The molecule has 2 N–H and O–H groups in total. The number of benzene rings is 2. The lowest BCUT2D eigenvalue weighted by molar-refractivity contribution is -0.138. The van der Waals surface area contributed by atoms with Crippen LogP contribution in [-0.4, -0.2) is 53.9 Å². The highest BCUT2D eigenvalue weighted by Crippen LogP contribution is 2.24. The Balaban J connectivity index is 2.00. The van der Waals surface area contributed by atoms with Gasteiger partial charge in [-0.15, -0.1) is 0 Å². The number of fused-ring (bicyclic) bond motifs is 1. The van der Waals surface area contributed by atoms with Gasteiger partial charge in [0.05, 0.1) is 12.1 Å². The van der Waals surface area contributed by atoms with Crippen molar-refractivity contribution in [1.29, 1.82) is 0 Å². The molecular weight excluding hydrogens is 454 g/mol. The summed E-state index contributed by atoms with van der Waals surface area (Å²) in [5.74, 6) is -0.935. The Morgan fingerprint density at radius 2 is 1.74 bits per heavy atom. The third kappa shape index (κ3) is 6.29. The molecule has 3 amide bonds. The van der Waals surface area contributed by atoms with Crippen molar-refractivity contribution in [3.63, 3.8) is 0 Å². The molecule has 0 bridgehead atoms. The summed E-state index contributed by atoms with van der Waals surface area (Å²) in [6.07, 6.45) is 0.337. The number of amides is 3. The maximum Gasteiger partial charge on any atom is 0.255 e. The molecular formula is C26H32ClN3O4. The molecule has 1 aliphatic rings. The average Bonchev–Trinajstić information content (AvgIpc) is 2.80. The normalized spacial score (nSPS) is 20.0. The minimum absolute atomic E-state index is 0.109. The van der Waals surface area contributed by atoms with Gasteiger partial charge < -0.3 is 20.3 Å². The van der Waals surface area contributed by atoms with Crippen LogP contribution >= 0.6 is 11.6 Å². The first-order valence-electron chi connectivity index (χ1n) is 11.6. The summed E-state index contributed by atoms with van der Waals surface area (Å²) in [7, 11) is 0. The number of ether oxygens (including phenoxy) is 1. The third-order valence-corrected chi connectivity index (χ3v) is 6.05. The zero-order valence-corrected chi connectivity index (χ0v) is 20.8. The number of nitrogens with one attached hydrogen (secondary N) is 2. The topological polar surface area (TPSA) is 87.7 Å². The fourth-order valence-electron chi connectivity index (χ4n) is 3.95. The number of halogens is 1. The SMILES string of the molecule is CC(C)[C@@H]1NC(=O)c2cc(Cl)ccc2OCCN(C(C)C)C(=O)[C@H](Cc2ccccc2)NC1=O. The Labute approximate surface area is 205 Å². The molecule has 0 saturated heterocycles. The highest BCUT2D eigenvalue weighted by Gasteiger charge is 2.33. The van der Waals surface area contributed by atoms with Gasteiger partial charge in [0, 0.05) is 17.5 Å². The van der Waals surface area contributed by atoms with Crippen LogP contribution < -0.4 is 15.4 Å². The molecule has 0 aromatic heterocycles. The molecule has 2 atom stereocenters. The largest absolute Gasteiger partial charge is 0.491 e. The zero-order valence-electron chi connectivity index (χ0n) is 20.0. The Morgan fingerprint density at radius 1 is 1.03 bits per heavy atom. The van der Waals surface area contributed by atoms with E-state index >= 15 is 0 Å². The van der Waals surface area contributed by atoms with Crippen molar-refractivity contribution in [2.75, 3.05) is 13.2 Å². The fourth-order valence-corrected chi connectivity index (χ4v) is 4.12. The smallest absolute Gasteiger partial charge is 0.255 e. The third-order valence-electron chi connectivity index (χ3n) is 5.82. The molecule has 0 spiro atoms. The van der Waals surface area contributed by atoms with Crippen LogP contribution in [0.4, 0.5) is 0 Å². The van der Waals surface area contributed by atoms with E-state index in [4.69, 9.17) is 16.3 Å². The Bertz CT molecular complexity index is 1030. The monoisotopic (exact) mass is 485 g/mol. The van der Waals surface area contributed by atoms with E-state index < -0.39 is 23.9 Å². The van der Waals surface area contributed by atoms with Crippen molar-refractivity contribution in [1.82, 2.24) is 15.5 Å². The fraction of sp³-hybridized carbons (Fsp3) is 0.423. The molecule has 8 heteroatoms. The molecule has 1 aliphatic heterocycles. The van der Waals surface area contributed by atoms with Crippen molar-refractivity contribution >= 4 is 29.3 Å². The van der Waals surface area contributed by atoms with Crippen molar-refractivity contribution in [3.05, 3.63) is 64.7 Å². The first-order valence-corrected chi connectivity index (χ1v) is 11.9. The molecule has 0 unspecified atom stereocenters. The second-order valence-electron chi connectivity index (χ2n) is 9.06. The molecule has 0 aliphatic carbocycles. The Hall–Kier alpha value is -3.06. The van der Waals surface area contributed by atoms with E-state index in [-0.39, 0.29) is 30.0 Å². The number of nitrogens with zero attached hydrogens (tertiary/aromatic N) is 1. The summed E-state index contributed by atoms with van der Waals surface area (Å²) in [6.45, 7) is 8.01. The van der Waals surface area contributed by atoms with Gasteiger partial charge in [-0.2, -0.15) is 0 Å². The van der Waals surface area contributed by atoms with Crippen LogP contribution in [-0.2, 0) is 16.0 Å². The minimum atomic E-state index is -0.848. The zero-order chi connectivity index (χ0) is 24.8. The van der Waals surface area contributed by atoms with Gasteiger partial charge in [0.2, 0.25) is 11.8 Å². The molecule has 3 rings (SSSR count). The van der Waals surface area contributed by atoms with Crippen molar-refractivity contribution < 1.29 is 19.1 Å². The number of carbonyl (C=O) groups excluding carboxylic acids is 3. The lowest BCUT2D eigenvalue weighted by atomic mass is 10.00. The minimum Gasteiger partial charge on any atom is -0.491 e. The second kappa shape index (κ2) is 11.4. The van der Waals surface area contributed by atoms with Gasteiger partial charge in [0.15, 0.2) is 0 Å². The number of hydrogen-bond acceptors (Lipinski definition) is 4. The van der Waals surface area contributed by atoms with Crippen LogP contribution in [0.1, 0.15) is 43.6 Å². The van der Waals surface area contributed by atoms with Gasteiger partial charge in [-0.1, -0.05) is 55.8 Å². The summed E-state index contributed by atoms with van der Waals surface area (Å²) in [5, 5.41) is 6.10. The van der Waals surface area contributed by atoms with Gasteiger partial charge in [0.1, 0.15) is 24.4 Å². The maximum absolute atomic E-state index is 13.6. The van der Waals surface area contributed by atoms with Gasteiger partial charge in [-0.3, -0.25) is 14.4 Å². The molecule has 0 fully saturated rings. The molecule has 2 aromatic carbocycles. The van der Waals surface area contributed by atoms with E-state index in [0.717, 1.165) is 5.56 Å². The lowest BCUT2D eigenvalue weighted by Gasteiger charge is -2.32. The van der Waals surface area contributed by atoms with E-state index in [9.17, 15) is 14.4 Å². The molecule has 7 nitrogen and oxygen atoms in total. The summed E-state index contributed by atoms with van der Waals surface area (Å²) in [4.78, 5) is 41.8. The van der Waals surface area contributed by atoms with Gasteiger partial charge in [-0.05, 0) is 43.5 Å². The first-order chi connectivity index (χ1) is 16.2. The predicted octanol–water partition coefficient (Wildman–Crippen LogP) is 3.45. The van der Waals surface area contributed by atoms with Crippen molar-refractivity contribution in [2.24, 2.45) is 5.92 Å². The molecule has 0 radical (unpaired) electrons. The first kappa shape index (κ1) is 25.6. The summed E-state index contributed by atoms with van der Waals surface area (Å²) in [5.41, 5.74) is 1.17. The van der Waals surface area contributed by atoms with Gasteiger partial charge in [-0.25, -0.2) is 0 Å². The van der Waals surface area contributed by atoms with Gasteiger partial charge in [0.25, 0.3) is 5.91 Å². The van der Waals surface area contributed by atoms with Crippen molar-refractivity contribution in [3.8, 4) is 5.75 Å². The summed E-state index contributed by atoms with van der Waals surface area (Å²) >= 11 is 6.13. The van der Waals surface area contributed by atoms with E-state index in [1.807, 2.05) is 58.0 Å². The highest BCUT2D eigenvalue weighted by molar-refractivity contribution is 6.31. The number of carbonyl (C=O) groups is 3. The van der Waals surface area contributed by atoms with Crippen LogP contribution in [0.3, 0.4) is 0 Å². The average molecular weight is 486 g/mol. The van der Waals surface area contributed by atoms with Crippen LogP contribution in [0.15, 0.2) is 48.5 Å². The second-order valence-corrected chi connectivity index (χ2v) is 9.50. The number of rotatable bonds is 4. The van der Waals surface area contributed by atoms with Crippen LogP contribution in [0, 0.1) is 5.92 Å². The van der Waals surface area contributed by atoms with E-state index in [1.54, 1.807) is 17.0 Å². The van der Waals surface area contributed by atoms with Crippen LogP contribution in [0.2, 0.25) is 5.02 Å². The molecule has 1 heterocycles. The van der Waals surface area contributed by atoms with Crippen LogP contribution in [0.5, 0.6) is 5.75 Å². The Kier molecular flexibility index (Phi) is 8.56. The summed E-state index contributed by atoms with van der Waals surface area (Å²) < 4.78 is 5.91. The number of hydrogen-bond donors (Lipinski definition) is 2. The van der Waals surface area contributed by atoms with E-state index in [2.05, 4.69) is 10.6 Å². The van der Waals surface area contributed by atoms with Crippen molar-refractivity contribution in [2.45, 2.75) is 52.2 Å². The van der Waals surface area contributed by atoms with E-state index in [1.165, 1.54) is 6.07 Å². The van der Waals surface area contributed by atoms with Crippen LogP contribution in [0.25, 0.3) is 0 Å². The standard InChI is InChI=1S/C26H32ClN3O4/c1-16(2)23-25(32)28-21(14-18-8-6-5-7-9-18)26(33)30(17(3)4)12-13-34-22-11-10-19(27)15-20(22)24(31)29-23/h5-11,15-17,21,23H,12-14H2,1-4H3,(H,28,32)(H,29,31)/t21-,23-/m0/s1.